The van der Waals surface area contributed by atoms with E-state index in [0.717, 1.165) is 11.0 Å². The van der Waals surface area contributed by atoms with Gasteiger partial charge in [0, 0.05) is 12.7 Å². The predicted octanol–water partition coefficient (Wildman–Crippen LogP) is 2.89. The van der Waals surface area contributed by atoms with Gasteiger partial charge in [0.2, 0.25) is 5.91 Å². The van der Waals surface area contributed by atoms with Crippen LogP contribution in [-0.2, 0) is 9.53 Å². The number of halogens is 3. The van der Waals surface area contributed by atoms with Gasteiger partial charge in [0.15, 0.2) is 0 Å². The van der Waals surface area contributed by atoms with Crippen molar-refractivity contribution in [3.05, 3.63) is 35.9 Å². The van der Waals surface area contributed by atoms with Crippen molar-refractivity contribution in [2.75, 3.05) is 26.9 Å². The van der Waals surface area contributed by atoms with E-state index in [0.29, 0.717) is 24.3 Å². The van der Waals surface area contributed by atoms with Crippen LogP contribution in [0, 0.1) is 0 Å². The van der Waals surface area contributed by atoms with Crippen LogP contribution in [0.4, 0.5) is 13.2 Å². The first kappa shape index (κ1) is 17.3. The van der Waals surface area contributed by atoms with Gasteiger partial charge in [0.25, 0.3) is 0 Å². The van der Waals surface area contributed by atoms with Crippen molar-refractivity contribution in [2.24, 2.45) is 0 Å². The number of ether oxygens (including phenoxy) is 2. The summed E-state index contributed by atoms with van der Waals surface area (Å²) in [5.74, 6) is -0.0103. The van der Waals surface area contributed by atoms with Gasteiger partial charge in [-0.25, -0.2) is 0 Å². The number of hydrogen-bond donors (Lipinski definition) is 0. The molecule has 0 aromatic heterocycles. The zero-order valence-electron chi connectivity index (χ0n) is 12.7. The molecule has 1 amide bonds. The lowest BCUT2D eigenvalue weighted by Crippen LogP contribution is -2.45. The van der Waals surface area contributed by atoms with Crippen LogP contribution >= 0.6 is 0 Å². The summed E-state index contributed by atoms with van der Waals surface area (Å²) in [6.45, 7) is -0.764. The molecule has 23 heavy (non-hydrogen) atoms. The highest BCUT2D eigenvalue weighted by Gasteiger charge is 2.37. The molecule has 0 bridgehead atoms. The summed E-state index contributed by atoms with van der Waals surface area (Å²) in [4.78, 5) is 13.0. The Kier molecular flexibility index (Phi) is 5.65. The van der Waals surface area contributed by atoms with E-state index in [-0.39, 0.29) is 6.61 Å². The first-order valence-electron chi connectivity index (χ1n) is 7.16. The molecule has 2 rings (SSSR count). The highest BCUT2D eigenvalue weighted by molar-refractivity contribution is 5.92. The highest BCUT2D eigenvalue weighted by Crippen LogP contribution is 2.22. The molecule has 1 aromatic carbocycles. The number of methoxy groups -OCH3 is 1. The van der Waals surface area contributed by atoms with Crippen LogP contribution in [0.2, 0.25) is 0 Å². The molecule has 1 aliphatic rings. The van der Waals surface area contributed by atoms with Crippen LogP contribution in [0.3, 0.4) is 0 Å². The first-order chi connectivity index (χ1) is 10.9. The van der Waals surface area contributed by atoms with Gasteiger partial charge < -0.3 is 14.4 Å². The van der Waals surface area contributed by atoms with E-state index < -0.39 is 24.7 Å². The normalized spacial score (nSPS) is 18.3. The molecule has 4 nitrogen and oxygen atoms in total. The lowest BCUT2D eigenvalue weighted by Gasteiger charge is -2.27. The summed E-state index contributed by atoms with van der Waals surface area (Å²) in [6, 6.07) is 6.32. The van der Waals surface area contributed by atoms with E-state index in [1.54, 1.807) is 24.3 Å². The third-order valence-corrected chi connectivity index (χ3v) is 3.51. The zero-order chi connectivity index (χ0) is 16.9. The van der Waals surface area contributed by atoms with Crippen LogP contribution in [0.15, 0.2) is 30.3 Å². The Morgan fingerprint density at radius 3 is 2.61 bits per heavy atom. The molecule has 1 aromatic rings. The predicted molar refractivity (Wildman–Crippen MR) is 79.0 cm³/mol. The quantitative estimate of drug-likeness (QED) is 0.780. The first-order valence-corrected chi connectivity index (χ1v) is 7.16. The van der Waals surface area contributed by atoms with Gasteiger partial charge in [-0.2, -0.15) is 13.2 Å². The third kappa shape index (κ3) is 5.28. The van der Waals surface area contributed by atoms with E-state index >= 15 is 0 Å². The van der Waals surface area contributed by atoms with Gasteiger partial charge in [-0.05, 0) is 30.2 Å². The van der Waals surface area contributed by atoms with Gasteiger partial charge in [0.05, 0.1) is 19.8 Å². The average molecular weight is 329 g/mol. The standard InChI is InChI=1S/C16H18F3NO3/c1-22-14-5-2-12(3-6-14)4-7-15(21)20(11-16(17,18)19)13-8-9-23-10-13/h2-7,13H,8-11H2,1H3. The molecule has 1 atom stereocenters. The number of alkyl halides is 3. The molecule has 7 heteroatoms. The maximum absolute atomic E-state index is 12.7. The molecule has 0 saturated carbocycles. The van der Waals surface area contributed by atoms with Gasteiger partial charge in [-0.15, -0.1) is 0 Å². The van der Waals surface area contributed by atoms with Crippen molar-refractivity contribution in [2.45, 2.75) is 18.6 Å². The second kappa shape index (κ2) is 7.50. The highest BCUT2D eigenvalue weighted by atomic mass is 19.4. The van der Waals surface area contributed by atoms with Crippen molar-refractivity contribution < 1.29 is 27.4 Å². The number of rotatable bonds is 5. The van der Waals surface area contributed by atoms with Crippen LogP contribution in [-0.4, -0.2) is 49.9 Å². The van der Waals surface area contributed by atoms with E-state index in [9.17, 15) is 18.0 Å². The Hall–Kier alpha value is -2.02. The van der Waals surface area contributed by atoms with E-state index in [1.165, 1.54) is 13.2 Å². The maximum Gasteiger partial charge on any atom is 0.406 e. The van der Waals surface area contributed by atoms with Crippen molar-refractivity contribution in [3.8, 4) is 5.75 Å². The summed E-state index contributed by atoms with van der Waals surface area (Å²) in [7, 11) is 1.53. The summed E-state index contributed by atoms with van der Waals surface area (Å²) in [5, 5.41) is 0. The number of benzene rings is 1. The van der Waals surface area contributed by atoms with Gasteiger partial charge >= 0.3 is 6.18 Å². The SMILES string of the molecule is COc1ccc(C=CC(=O)N(CC(F)(F)F)C2CCOC2)cc1. The van der Waals surface area contributed by atoms with Crippen LogP contribution < -0.4 is 4.74 Å². The average Bonchev–Trinajstić information content (AvgIpc) is 3.04. The van der Waals surface area contributed by atoms with Gasteiger partial charge in [-0.3, -0.25) is 4.79 Å². The Morgan fingerprint density at radius 2 is 2.09 bits per heavy atom. The molecule has 1 aliphatic heterocycles. The summed E-state index contributed by atoms with van der Waals surface area (Å²) >= 11 is 0. The van der Waals surface area contributed by atoms with Crippen molar-refractivity contribution in [1.29, 1.82) is 0 Å². The second-order valence-corrected chi connectivity index (χ2v) is 5.21. The fraction of sp³-hybridized carbons (Fsp3) is 0.438. The number of hydrogen-bond acceptors (Lipinski definition) is 3. The fourth-order valence-electron chi connectivity index (χ4n) is 2.33. The molecule has 0 radical (unpaired) electrons. The minimum absolute atomic E-state index is 0.137. The van der Waals surface area contributed by atoms with Crippen molar-refractivity contribution >= 4 is 12.0 Å². The summed E-state index contributed by atoms with van der Waals surface area (Å²) in [5.41, 5.74) is 0.703. The largest absolute Gasteiger partial charge is 0.497 e. The summed E-state index contributed by atoms with van der Waals surface area (Å²) in [6.07, 6.45) is -1.38. The number of amides is 1. The monoisotopic (exact) mass is 329 g/mol. The molecule has 1 saturated heterocycles. The zero-order valence-corrected chi connectivity index (χ0v) is 12.7. The van der Waals surface area contributed by atoms with Gasteiger partial charge in [-0.1, -0.05) is 12.1 Å². The lowest BCUT2D eigenvalue weighted by atomic mass is 10.1. The molecule has 1 fully saturated rings. The molecule has 0 aliphatic carbocycles. The van der Waals surface area contributed by atoms with Crippen molar-refractivity contribution in [1.82, 2.24) is 4.90 Å². The molecular formula is C16H18F3NO3. The second-order valence-electron chi connectivity index (χ2n) is 5.21. The maximum atomic E-state index is 12.7. The van der Waals surface area contributed by atoms with E-state index in [4.69, 9.17) is 9.47 Å². The molecule has 0 N–H and O–H groups in total. The molecule has 1 heterocycles. The van der Waals surface area contributed by atoms with E-state index in [2.05, 4.69) is 0 Å². The molecule has 126 valence electrons. The number of nitrogens with zero attached hydrogens (tertiary/aromatic N) is 1. The Morgan fingerprint density at radius 1 is 1.39 bits per heavy atom. The summed E-state index contributed by atoms with van der Waals surface area (Å²) < 4.78 is 48.2. The Labute approximate surface area is 132 Å². The molecule has 1 unspecified atom stereocenters. The topological polar surface area (TPSA) is 38.8 Å². The van der Waals surface area contributed by atoms with Crippen LogP contribution in [0.1, 0.15) is 12.0 Å². The minimum Gasteiger partial charge on any atom is -0.497 e. The smallest absolute Gasteiger partial charge is 0.406 e. The van der Waals surface area contributed by atoms with Crippen LogP contribution in [0.25, 0.3) is 6.08 Å². The lowest BCUT2D eigenvalue weighted by molar-refractivity contribution is -0.162. The minimum atomic E-state index is -4.44. The number of carbonyl (C=O) groups excluding carboxylic acids is 1. The van der Waals surface area contributed by atoms with E-state index in [1.807, 2.05) is 0 Å². The Balaban J connectivity index is 2.07. The third-order valence-electron chi connectivity index (χ3n) is 3.51. The van der Waals surface area contributed by atoms with Crippen molar-refractivity contribution in [3.63, 3.8) is 0 Å². The fourth-order valence-corrected chi connectivity index (χ4v) is 2.33. The molecular weight excluding hydrogens is 311 g/mol. The van der Waals surface area contributed by atoms with Gasteiger partial charge in [0.1, 0.15) is 12.3 Å². The molecule has 0 spiro atoms. The number of carbonyl (C=O) groups is 1. The van der Waals surface area contributed by atoms with Crippen LogP contribution in [0.5, 0.6) is 5.75 Å². The Bertz CT molecular complexity index is 549.